The molecule has 1 atom stereocenters. The zero-order chi connectivity index (χ0) is 14.6. The Morgan fingerprint density at radius 3 is 2.85 bits per heavy atom. The summed E-state index contributed by atoms with van der Waals surface area (Å²) in [4.78, 5) is 12.2. The normalized spacial score (nSPS) is 28.7. The van der Waals surface area contributed by atoms with Crippen LogP contribution in [-0.2, 0) is 9.53 Å². The van der Waals surface area contributed by atoms with Crippen LogP contribution in [0.1, 0.15) is 44.9 Å². The zero-order valence-electron chi connectivity index (χ0n) is 12.1. The molecule has 1 fully saturated rings. The van der Waals surface area contributed by atoms with Gasteiger partial charge in [0.05, 0.1) is 13.2 Å². The number of hydrogen-bond donors (Lipinski definition) is 0. The van der Waals surface area contributed by atoms with Crippen molar-refractivity contribution in [2.75, 3.05) is 7.11 Å². The van der Waals surface area contributed by atoms with E-state index in [2.05, 4.69) is 18.7 Å². The van der Waals surface area contributed by atoms with E-state index in [1.54, 1.807) is 0 Å². The predicted octanol–water partition coefficient (Wildman–Crippen LogP) is 3.84. The van der Waals surface area contributed by atoms with Gasteiger partial charge in [0.15, 0.2) is 5.41 Å². The van der Waals surface area contributed by atoms with Gasteiger partial charge < -0.3 is 4.74 Å². The number of nitriles is 1. The van der Waals surface area contributed by atoms with E-state index in [0.717, 1.165) is 36.8 Å². The predicted molar refractivity (Wildman–Crippen MR) is 77.7 cm³/mol. The van der Waals surface area contributed by atoms with E-state index in [4.69, 9.17) is 4.74 Å². The van der Waals surface area contributed by atoms with Crippen molar-refractivity contribution in [2.24, 2.45) is 5.41 Å². The average molecular weight is 271 g/mol. The van der Waals surface area contributed by atoms with Crippen LogP contribution >= 0.6 is 0 Å². The fourth-order valence-electron chi connectivity index (χ4n) is 3.09. The molecule has 1 saturated carbocycles. The molecule has 0 saturated heterocycles. The molecule has 3 nitrogen and oxygen atoms in total. The van der Waals surface area contributed by atoms with Crippen molar-refractivity contribution in [3.63, 3.8) is 0 Å². The second-order valence-corrected chi connectivity index (χ2v) is 5.55. The molecule has 0 bridgehead atoms. The monoisotopic (exact) mass is 271 g/mol. The third-order valence-electron chi connectivity index (χ3n) is 4.25. The molecule has 0 aliphatic heterocycles. The molecule has 0 aromatic carbocycles. The average Bonchev–Trinajstić information content (AvgIpc) is 2.49. The van der Waals surface area contributed by atoms with Crippen LogP contribution in [0.25, 0.3) is 0 Å². The molecule has 0 heterocycles. The lowest BCUT2D eigenvalue weighted by Gasteiger charge is -2.33. The van der Waals surface area contributed by atoms with Crippen LogP contribution in [0, 0.1) is 16.7 Å². The maximum absolute atomic E-state index is 12.2. The van der Waals surface area contributed by atoms with Gasteiger partial charge >= 0.3 is 5.97 Å². The minimum Gasteiger partial charge on any atom is -0.468 e. The minimum atomic E-state index is -1.16. The molecule has 2 aliphatic carbocycles. The van der Waals surface area contributed by atoms with Gasteiger partial charge in [-0.3, -0.25) is 0 Å². The van der Waals surface area contributed by atoms with Crippen LogP contribution in [-0.4, -0.2) is 13.1 Å². The fourth-order valence-corrected chi connectivity index (χ4v) is 3.09. The van der Waals surface area contributed by atoms with Crippen molar-refractivity contribution in [1.82, 2.24) is 0 Å². The molecule has 20 heavy (non-hydrogen) atoms. The first kappa shape index (κ1) is 14.6. The molecule has 2 rings (SSSR count). The highest BCUT2D eigenvalue weighted by molar-refractivity contribution is 5.86. The minimum absolute atomic E-state index is 0.455. The van der Waals surface area contributed by atoms with Gasteiger partial charge in [-0.15, -0.1) is 0 Å². The van der Waals surface area contributed by atoms with E-state index in [1.165, 1.54) is 25.5 Å². The van der Waals surface area contributed by atoms with Gasteiger partial charge in [0.1, 0.15) is 0 Å². The topological polar surface area (TPSA) is 50.1 Å². The van der Waals surface area contributed by atoms with Gasteiger partial charge in [-0.25, -0.2) is 4.79 Å². The zero-order valence-corrected chi connectivity index (χ0v) is 12.1. The molecular formula is C17H21NO2. The SMILES string of the molecule is C=C1CCCC(C#N)(C(=O)OC)/C1=C/C1=CCCCC1. The van der Waals surface area contributed by atoms with E-state index < -0.39 is 11.4 Å². The Morgan fingerprint density at radius 1 is 1.45 bits per heavy atom. The van der Waals surface area contributed by atoms with E-state index >= 15 is 0 Å². The molecule has 0 radical (unpaired) electrons. The lowest BCUT2D eigenvalue weighted by atomic mass is 9.68. The largest absolute Gasteiger partial charge is 0.468 e. The van der Waals surface area contributed by atoms with Crippen molar-refractivity contribution in [2.45, 2.75) is 44.9 Å². The lowest BCUT2D eigenvalue weighted by molar-refractivity contribution is -0.148. The molecule has 1 unspecified atom stereocenters. The summed E-state index contributed by atoms with van der Waals surface area (Å²) in [6.45, 7) is 4.07. The first-order valence-corrected chi connectivity index (χ1v) is 7.23. The van der Waals surface area contributed by atoms with E-state index in [1.807, 2.05) is 6.08 Å². The Hall–Kier alpha value is -1.82. The first-order chi connectivity index (χ1) is 9.64. The summed E-state index contributed by atoms with van der Waals surface area (Å²) in [5, 5.41) is 9.61. The van der Waals surface area contributed by atoms with Crippen molar-refractivity contribution in [3.05, 3.63) is 35.5 Å². The Kier molecular flexibility index (Phi) is 4.44. The molecule has 0 N–H and O–H groups in total. The van der Waals surface area contributed by atoms with Gasteiger partial charge in [0.2, 0.25) is 0 Å². The number of nitrogens with zero attached hydrogens (tertiary/aromatic N) is 1. The van der Waals surface area contributed by atoms with Crippen molar-refractivity contribution < 1.29 is 9.53 Å². The molecule has 3 heteroatoms. The number of hydrogen-bond acceptors (Lipinski definition) is 3. The van der Waals surface area contributed by atoms with Crippen molar-refractivity contribution in [3.8, 4) is 6.07 Å². The van der Waals surface area contributed by atoms with Crippen LogP contribution in [0.4, 0.5) is 0 Å². The maximum Gasteiger partial charge on any atom is 0.330 e. The van der Waals surface area contributed by atoms with E-state index in [0.29, 0.717) is 6.42 Å². The molecular weight excluding hydrogens is 250 g/mol. The lowest BCUT2D eigenvalue weighted by Crippen LogP contribution is -2.36. The standard InChI is InChI=1S/C17H21NO2/c1-13-7-6-10-17(12-18,16(19)20-2)15(13)11-14-8-4-3-5-9-14/h8,11H,1,3-7,9-10H2,2H3/b15-11+. The third kappa shape index (κ3) is 2.56. The highest BCUT2D eigenvalue weighted by Crippen LogP contribution is 2.44. The van der Waals surface area contributed by atoms with Crippen molar-refractivity contribution in [1.29, 1.82) is 5.26 Å². The Labute approximate surface area is 120 Å². The van der Waals surface area contributed by atoms with Crippen molar-refractivity contribution >= 4 is 5.97 Å². The number of esters is 1. The Morgan fingerprint density at radius 2 is 2.25 bits per heavy atom. The van der Waals surface area contributed by atoms with Crippen LogP contribution < -0.4 is 0 Å². The number of methoxy groups -OCH3 is 1. The molecule has 106 valence electrons. The van der Waals surface area contributed by atoms with Crippen LogP contribution in [0.15, 0.2) is 35.5 Å². The summed E-state index contributed by atoms with van der Waals surface area (Å²) in [7, 11) is 1.34. The maximum atomic E-state index is 12.2. The number of carbonyl (C=O) groups excluding carboxylic acids is 1. The van der Waals surface area contributed by atoms with Gasteiger partial charge in [0, 0.05) is 0 Å². The molecule has 0 aromatic heterocycles. The van der Waals surface area contributed by atoms with Gasteiger partial charge in [-0.1, -0.05) is 24.3 Å². The quantitative estimate of drug-likeness (QED) is 0.717. The summed E-state index contributed by atoms with van der Waals surface area (Å²) in [6.07, 6.45) is 10.9. The van der Waals surface area contributed by atoms with Gasteiger partial charge in [-0.05, 0) is 56.1 Å². The van der Waals surface area contributed by atoms with E-state index in [-0.39, 0.29) is 0 Å². The molecule has 2 aliphatic rings. The summed E-state index contributed by atoms with van der Waals surface area (Å²) in [5.41, 5.74) is 1.72. The second kappa shape index (κ2) is 6.09. The van der Waals surface area contributed by atoms with Crippen LogP contribution in [0.2, 0.25) is 0 Å². The highest BCUT2D eigenvalue weighted by atomic mass is 16.5. The van der Waals surface area contributed by atoms with Crippen LogP contribution in [0.3, 0.4) is 0 Å². The highest BCUT2D eigenvalue weighted by Gasteiger charge is 2.46. The summed E-state index contributed by atoms with van der Waals surface area (Å²) in [6, 6.07) is 2.21. The van der Waals surface area contributed by atoms with Gasteiger partial charge in [0.25, 0.3) is 0 Å². The second-order valence-electron chi connectivity index (χ2n) is 5.55. The molecule has 0 aromatic rings. The van der Waals surface area contributed by atoms with Crippen LogP contribution in [0.5, 0.6) is 0 Å². The smallest absolute Gasteiger partial charge is 0.330 e. The van der Waals surface area contributed by atoms with E-state index in [9.17, 15) is 10.1 Å². The number of rotatable bonds is 2. The summed E-state index contributed by atoms with van der Waals surface area (Å²) < 4.78 is 4.89. The first-order valence-electron chi connectivity index (χ1n) is 7.23. The summed E-state index contributed by atoms with van der Waals surface area (Å²) >= 11 is 0. The third-order valence-corrected chi connectivity index (χ3v) is 4.25. The van der Waals surface area contributed by atoms with Gasteiger partial charge in [-0.2, -0.15) is 5.26 Å². The Balaban J connectivity index is 2.45. The molecule has 0 spiro atoms. The molecule has 0 amide bonds. The number of ether oxygens (including phenoxy) is 1. The Bertz CT molecular complexity index is 522. The number of carbonyl (C=O) groups is 1. The number of allylic oxidation sites excluding steroid dienone is 4. The summed E-state index contributed by atoms with van der Waals surface area (Å²) in [5.74, 6) is -0.455. The fraction of sp³-hybridized carbons (Fsp3) is 0.529.